The molecule has 0 saturated heterocycles. The molecule has 6 nitrogen and oxygen atoms in total. The number of hydrogen-bond donors (Lipinski definition) is 0. The lowest BCUT2D eigenvalue weighted by Crippen LogP contribution is -2.36. The number of furan rings is 1. The van der Waals surface area contributed by atoms with Crippen molar-refractivity contribution in [2.24, 2.45) is 24.8 Å². The van der Waals surface area contributed by atoms with Crippen LogP contribution in [-0.4, -0.2) is 32.6 Å². The van der Waals surface area contributed by atoms with Crippen molar-refractivity contribution in [1.82, 2.24) is 14.8 Å². The first-order valence-corrected chi connectivity index (χ1v) is 10.2. The van der Waals surface area contributed by atoms with Crippen molar-refractivity contribution in [3.8, 4) is 11.6 Å². The van der Waals surface area contributed by atoms with Gasteiger partial charge in [-0.15, -0.1) is 10.2 Å². The van der Waals surface area contributed by atoms with Crippen LogP contribution in [0.1, 0.15) is 40.0 Å². The van der Waals surface area contributed by atoms with E-state index in [1.54, 1.807) is 6.26 Å². The van der Waals surface area contributed by atoms with Crippen molar-refractivity contribution >= 4 is 17.7 Å². The molecule has 7 heteroatoms. The quantitative estimate of drug-likeness (QED) is 0.556. The van der Waals surface area contributed by atoms with Gasteiger partial charge in [-0.1, -0.05) is 39.0 Å². The fraction of sp³-hybridized carbons (Fsp3) is 0.632. The van der Waals surface area contributed by atoms with Crippen molar-refractivity contribution in [3.63, 3.8) is 0 Å². The highest BCUT2D eigenvalue weighted by Crippen LogP contribution is 2.35. The second-order valence-electron chi connectivity index (χ2n) is 7.49. The van der Waals surface area contributed by atoms with Gasteiger partial charge in [0.2, 0.25) is 0 Å². The molecule has 0 amide bonds. The standard InChI is InChI=1S/C19H27N3O3S/c1-12(2)14-8-7-13(3)10-16(14)25-17(23)11-26-19-21-20-18(22(19)4)15-6-5-9-24-15/h5-6,9,12-14,16H,7-8,10-11H2,1-4H3/t13-,14+,16+/m0/s1. The van der Waals surface area contributed by atoms with Crippen LogP contribution < -0.4 is 0 Å². The molecule has 0 aromatic carbocycles. The Kier molecular flexibility index (Phi) is 6.06. The van der Waals surface area contributed by atoms with E-state index >= 15 is 0 Å². The number of aromatic nitrogens is 3. The SMILES string of the molecule is CC(C)[C@H]1CC[C@H](C)C[C@H]1OC(=O)CSc1nnc(-c2ccco2)n1C. The number of nitrogens with zero attached hydrogens (tertiary/aromatic N) is 3. The molecule has 0 unspecified atom stereocenters. The monoisotopic (exact) mass is 377 g/mol. The molecular weight excluding hydrogens is 350 g/mol. The summed E-state index contributed by atoms with van der Waals surface area (Å²) in [6.07, 6.45) is 4.96. The minimum atomic E-state index is -0.178. The first-order valence-electron chi connectivity index (χ1n) is 9.21. The molecule has 0 N–H and O–H groups in total. The molecule has 3 atom stereocenters. The van der Waals surface area contributed by atoms with Crippen LogP contribution in [0.2, 0.25) is 0 Å². The minimum absolute atomic E-state index is 0.0324. The Hall–Kier alpha value is -1.76. The largest absolute Gasteiger partial charge is 0.461 e. The van der Waals surface area contributed by atoms with Gasteiger partial charge in [0.15, 0.2) is 16.7 Å². The second-order valence-corrected chi connectivity index (χ2v) is 8.43. The summed E-state index contributed by atoms with van der Waals surface area (Å²) in [6.45, 7) is 6.67. The van der Waals surface area contributed by atoms with Crippen molar-refractivity contribution in [3.05, 3.63) is 18.4 Å². The third-order valence-corrected chi connectivity index (χ3v) is 6.13. The molecule has 0 spiro atoms. The van der Waals surface area contributed by atoms with Gasteiger partial charge >= 0.3 is 5.97 Å². The van der Waals surface area contributed by atoms with Gasteiger partial charge in [-0.25, -0.2) is 0 Å². The zero-order valence-corrected chi connectivity index (χ0v) is 16.7. The van der Waals surface area contributed by atoms with Crippen molar-refractivity contribution < 1.29 is 13.9 Å². The Morgan fingerprint density at radius 3 is 2.92 bits per heavy atom. The number of hydrogen-bond acceptors (Lipinski definition) is 6. The van der Waals surface area contributed by atoms with Crippen LogP contribution in [0, 0.1) is 17.8 Å². The molecule has 1 aliphatic carbocycles. The highest BCUT2D eigenvalue weighted by atomic mass is 32.2. The van der Waals surface area contributed by atoms with E-state index in [1.165, 1.54) is 18.2 Å². The molecule has 3 rings (SSSR count). The van der Waals surface area contributed by atoms with Gasteiger partial charge in [-0.3, -0.25) is 4.79 Å². The fourth-order valence-corrected chi connectivity index (χ4v) is 4.33. The summed E-state index contributed by atoms with van der Waals surface area (Å²) in [5.74, 6) is 2.97. The Morgan fingerprint density at radius 1 is 1.42 bits per heavy atom. The lowest BCUT2D eigenvalue weighted by molar-refractivity contribution is -0.152. The molecule has 0 radical (unpaired) electrons. The molecular formula is C19H27N3O3S. The van der Waals surface area contributed by atoms with E-state index in [-0.39, 0.29) is 17.8 Å². The summed E-state index contributed by atoms with van der Waals surface area (Å²) in [5, 5.41) is 8.97. The van der Waals surface area contributed by atoms with Crippen molar-refractivity contribution in [2.45, 2.75) is 51.3 Å². The molecule has 2 heterocycles. The summed E-state index contributed by atoms with van der Waals surface area (Å²) in [7, 11) is 1.86. The predicted molar refractivity (Wildman–Crippen MR) is 101 cm³/mol. The molecule has 1 fully saturated rings. The van der Waals surface area contributed by atoms with Crippen LogP contribution in [-0.2, 0) is 16.6 Å². The van der Waals surface area contributed by atoms with Gasteiger partial charge in [-0.2, -0.15) is 0 Å². The molecule has 142 valence electrons. The van der Waals surface area contributed by atoms with Gasteiger partial charge in [0.25, 0.3) is 0 Å². The van der Waals surface area contributed by atoms with E-state index < -0.39 is 0 Å². The van der Waals surface area contributed by atoms with Crippen LogP contribution >= 0.6 is 11.8 Å². The van der Waals surface area contributed by atoms with Crippen LogP contribution in [0.3, 0.4) is 0 Å². The Labute approximate surface area is 158 Å². The van der Waals surface area contributed by atoms with Crippen LogP contribution in [0.15, 0.2) is 28.0 Å². The van der Waals surface area contributed by atoms with Crippen molar-refractivity contribution in [2.75, 3.05) is 5.75 Å². The van der Waals surface area contributed by atoms with E-state index in [0.717, 1.165) is 12.8 Å². The summed E-state index contributed by atoms with van der Waals surface area (Å²) in [6, 6.07) is 3.65. The zero-order chi connectivity index (χ0) is 18.7. The Morgan fingerprint density at radius 2 is 2.23 bits per heavy atom. The van der Waals surface area contributed by atoms with Gasteiger partial charge in [0, 0.05) is 7.05 Å². The number of esters is 1. The first-order chi connectivity index (χ1) is 12.5. The number of thioether (sulfide) groups is 1. The third kappa shape index (κ3) is 4.31. The maximum absolute atomic E-state index is 12.4. The zero-order valence-electron chi connectivity index (χ0n) is 15.8. The smallest absolute Gasteiger partial charge is 0.316 e. The Balaban J connectivity index is 1.57. The first kappa shape index (κ1) is 19.0. The summed E-state index contributed by atoms with van der Waals surface area (Å²) < 4.78 is 13.0. The minimum Gasteiger partial charge on any atom is -0.461 e. The summed E-state index contributed by atoms with van der Waals surface area (Å²) in [4.78, 5) is 12.4. The predicted octanol–water partition coefficient (Wildman–Crippen LogP) is 4.17. The summed E-state index contributed by atoms with van der Waals surface area (Å²) in [5.41, 5.74) is 0. The average molecular weight is 378 g/mol. The lowest BCUT2D eigenvalue weighted by atomic mass is 9.75. The fourth-order valence-electron chi connectivity index (χ4n) is 3.64. The van der Waals surface area contributed by atoms with Gasteiger partial charge < -0.3 is 13.7 Å². The average Bonchev–Trinajstić information content (AvgIpc) is 3.22. The number of carbonyl (C=O) groups is 1. The van der Waals surface area contributed by atoms with Crippen LogP contribution in [0.5, 0.6) is 0 Å². The van der Waals surface area contributed by atoms with Crippen LogP contribution in [0.25, 0.3) is 11.6 Å². The number of rotatable bonds is 6. The van der Waals surface area contributed by atoms with E-state index in [2.05, 4.69) is 31.0 Å². The molecule has 2 aromatic heterocycles. The Bertz CT molecular complexity index is 726. The topological polar surface area (TPSA) is 70.2 Å². The number of ether oxygens (including phenoxy) is 1. The van der Waals surface area contributed by atoms with Gasteiger partial charge in [0.05, 0.1) is 12.0 Å². The van der Waals surface area contributed by atoms with Crippen molar-refractivity contribution in [1.29, 1.82) is 0 Å². The highest BCUT2D eigenvalue weighted by molar-refractivity contribution is 7.99. The van der Waals surface area contributed by atoms with Gasteiger partial charge in [-0.05, 0) is 42.7 Å². The molecule has 0 bridgehead atoms. The summed E-state index contributed by atoms with van der Waals surface area (Å²) >= 11 is 1.35. The second kappa shape index (κ2) is 8.29. The lowest BCUT2D eigenvalue weighted by Gasteiger charge is -2.36. The normalized spacial score (nSPS) is 23.3. The van der Waals surface area contributed by atoms with E-state index in [1.807, 2.05) is 23.7 Å². The van der Waals surface area contributed by atoms with E-state index in [0.29, 0.717) is 34.5 Å². The molecule has 2 aromatic rings. The molecule has 0 aliphatic heterocycles. The van der Waals surface area contributed by atoms with E-state index in [9.17, 15) is 4.79 Å². The van der Waals surface area contributed by atoms with E-state index in [4.69, 9.17) is 9.15 Å². The van der Waals surface area contributed by atoms with Gasteiger partial charge in [0.1, 0.15) is 6.10 Å². The molecule has 1 aliphatic rings. The number of carbonyl (C=O) groups excluding carboxylic acids is 1. The molecule has 1 saturated carbocycles. The maximum atomic E-state index is 12.4. The third-order valence-electron chi connectivity index (χ3n) is 5.14. The van der Waals surface area contributed by atoms with Crippen LogP contribution in [0.4, 0.5) is 0 Å². The highest BCUT2D eigenvalue weighted by Gasteiger charge is 2.33. The maximum Gasteiger partial charge on any atom is 0.316 e. The molecule has 26 heavy (non-hydrogen) atoms.